The molecule has 5 atom stereocenters. The van der Waals surface area contributed by atoms with Gasteiger partial charge < -0.3 is 0 Å². The van der Waals surface area contributed by atoms with Gasteiger partial charge >= 0.3 is 187 Å². The summed E-state index contributed by atoms with van der Waals surface area (Å²) in [7, 11) is 0. The topological polar surface area (TPSA) is 35.5 Å². The van der Waals surface area contributed by atoms with Crippen LogP contribution in [0.5, 0.6) is 0 Å². The Morgan fingerprint density at radius 2 is 1.83 bits per heavy atom. The molecular formula is C26H34O3Se. The van der Waals surface area contributed by atoms with Crippen LogP contribution >= 0.6 is 0 Å². The zero-order chi connectivity index (χ0) is 21.0. The van der Waals surface area contributed by atoms with Crippen LogP contribution in [0.1, 0.15) is 52.9 Å². The van der Waals surface area contributed by atoms with Gasteiger partial charge in [0.2, 0.25) is 0 Å². The number of hydrogen-bond donors (Lipinski definition) is 0. The molecule has 3 fully saturated rings. The van der Waals surface area contributed by atoms with Gasteiger partial charge in [-0.1, -0.05) is 0 Å². The Balaban J connectivity index is 1.69. The average molecular weight is 474 g/mol. The number of benzene rings is 1. The van der Waals surface area contributed by atoms with Gasteiger partial charge in [-0.15, -0.1) is 0 Å². The number of ether oxygens (including phenoxy) is 2. The van der Waals surface area contributed by atoms with Crippen LogP contribution in [0.25, 0.3) is 0 Å². The van der Waals surface area contributed by atoms with E-state index < -0.39 is 5.79 Å². The number of carbonyl (C=O) groups is 1. The van der Waals surface area contributed by atoms with Gasteiger partial charge in [0, 0.05) is 0 Å². The van der Waals surface area contributed by atoms with Crippen molar-refractivity contribution in [2.24, 2.45) is 29.1 Å². The quantitative estimate of drug-likeness (QED) is 0.478. The third-order valence-corrected chi connectivity index (χ3v) is 11.8. The molecule has 2 saturated carbocycles. The molecule has 4 heteroatoms. The first-order chi connectivity index (χ1) is 14.4. The molecule has 3 nitrogen and oxygen atoms in total. The molecule has 4 aliphatic rings. The van der Waals surface area contributed by atoms with Gasteiger partial charge in [0.15, 0.2) is 0 Å². The summed E-state index contributed by atoms with van der Waals surface area (Å²) in [6.07, 6.45) is 9.47. The molecule has 0 bridgehead atoms. The number of hydrogen-bond acceptors (Lipinski definition) is 3. The van der Waals surface area contributed by atoms with E-state index in [1.165, 1.54) is 4.46 Å². The van der Waals surface area contributed by atoms with E-state index in [1.54, 1.807) is 0 Å². The van der Waals surface area contributed by atoms with E-state index >= 15 is 0 Å². The van der Waals surface area contributed by atoms with Crippen LogP contribution in [-0.2, 0) is 14.3 Å². The normalized spacial score (nSPS) is 39.9. The maximum absolute atomic E-state index is 13.9. The van der Waals surface area contributed by atoms with E-state index in [0.29, 0.717) is 49.1 Å². The summed E-state index contributed by atoms with van der Waals surface area (Å²) in [5.74, 6) is 1.70. The van der Waals surface area contributed by atoms with Gasteiger partial charge in [0.05, 0.1) is 0 Å². The second kappa shape index (κ2) is 7.59. The zero-order valence-electron chi connectivity index (χ0n) is 18.4. The van der Waals surface area contributed by atoms with Crippen molar-refractivity contribution in [1.82, 2.24) is 0 Å². The maximum atomic E-state index is 13.9. The van der Waals surface area contributed by atoms with E-state index in [-0.39, 0.29) is 24.7 Å². The van der Waals surface area contributed by atoms with Crippen LogP contribution in [0.4, 0.5) is 0 Å². The number of rotatable bonds is 3. The molecule has 2 unspecified atom stereocenters. The molecule has 0 amide bonds. The van der Waals surface area contributed by atoms with Crippen LogP contribution in [0.2, 0.25) is 4.31 Å². The molecule has 0 aromatic heterocycles. The summed E-state index contributed by atoms with van der Waals surface area (Å²) in [5.41, 5.74) is -0.204. The molecule has 0 N–H and O–H groups in total. The molecule has 1 aromatic carbocycles. The third kappa shape index (κ3) is 2.94. The first-order valence-corrected chi connectivity index (χ1v) is 13.4. The van der Waals surface area contributed by atoms with E-state index in [4.69, 9.17) is 9.47 Å². The van der Waals surface area contributed by atoms with Gasteiger partial charge in [-0.25, -0.2) is 0 Å². The van der Waals surface area contributed by atoms with Crippen molar-refractivity contribution in [1.29, 1.82) is 0 Å². The number of ketones is 1. The Hall–Kier alpha value is -0.931. The van der Waals surface area contributed by atoms with E-state index in [9.17, 15) is 4.79 Å². The SMILES string of the molecule is CC(C)C1CC[C@]2(C)C(=O)C[C@@]3([Se]c4ccccc4)[C@H](C=CCCC34OCCO4)C12. The van der Waals surface area contributed by atoms with Crippen molar-refractivity contribution >= 4 is 25.2 Å². The molecule has 1 heterocycles. The van der Waals surface area contributed by atoms with Gasteiger partial charge in [-0.3, -0.25) is 0 Å². The van der Waals surface area contributed by atoms with E-state index in [2.05, 4.69) is 63.3 Å². The number of carbonyl (C=O) groups excluding carboxylic acids is 1. The Bertz CT molecular complexity index is 828. The van der Waals surface area contributed by atoms with Crippen molar-refractivity contribution in [2.45, 2.75) is 63.0 Å². The predicted molar refractivity (Wildman–Crippen MR) is 120 cm³/mol. The van der Waals surface area contributed by atoms with Gasteiger partial charge in [0.1, 0.15) is 0 Å². The van der Waals surface area contributed by atoms with Crippen molar-refractivity contribution in [2.75, 3.05) is 13.2 Å². The van der Waals surface area contributed by atoms with E-state index in [1.807, 2.05) is 0 Å². The van der Waals surface area contributed by atoms with Crippen molar-refractivity contribution < 1.29 is 14.3 Å². The Labute approximate surface area is 187 Å². The number of Topliss-reactive ketones (excluding diaryl/α,β-unsaturated/α-hetero) is 1. The number of fused-ring (bicyclic) bond motifs is 4. The second-order valence-electron chi connectivity index (χ2n) is 10.2. The molecule has 1 aliphatic heterocycles. The van der Waals surface area contributed by atoms with E-state index in [0.717, 1.165) is 25.7 Å². The third-order valence-electron chi connectivity index (χ3n) is 8.46. The van der Waals surface area contributed by atoms with Crippen LogP contribution in [0.3, 0.4) is 0 Å². The van der Waals surface area contributed by atoms with Gasteiger partial charge in [-0.05, 0) is 0 Å². The summed E-state index contributed by atoms with van der Waals surface area (Å²) in [6.45, 7) is 8.24. The fraction of sp³-hybridized carbons (Fsp3) is 0.654. The van der Waals surface area contributed by atoms with Crippen molar-refractivity contribution in [3.8, 4) is 0 Å². The van der Waals surface area contributed by atoms with Crippen molar-refractivity contribution in [3.05, 3.63) is 42.5 Å². The molecule has 1 saturated heterocycles. The van der Waals surface area contributed by atoms with Crippen molar-refractivity contribution in [3.63, 3.8) is 0 Å². The second-order valence-corrected chi connectivity index (χ2v) is 13.2. The van der Waals surface area contributed by atoms with Crippen LogP contribution in [0, 0.1) is 29.1 Å². The fourth-order valence-corrected chi connectivity index (χ4v) is 10.5. The van der Waals surface area contributed by atoms with Crippen LogP contribution in [-0.4, -0.2) is 39.7 Å². The summed E-state index contributed by atoms with van der Waals surface area (Å²) < 4.78 is 14.1. The van der Waals surface area contributed by atoms with Gasteiger partial charge in [-0.2, -0.15) is 0 Å². The first kappa shape index (κ1) is 20.9. The molecule has 30 heavy (non-hydrogen) atoms. The Kier molecular flexibility index (Phi) is 5.30. The number of allylic oxidation sites excluding steroid dienone is 2. The molecule has 3 aliphatic carbocycles. The summed E-state index contributed by atoms with van der Waals surface area (Å²) in [5, 5.41) is 0. The Morgan fingerprint density at radius 3 is 2.53 bits per heavy atom. The molecule has 0 radical (unpaired) electrons. The summed E-state index contributed by atoms with van der Waals surface area (Å²) in [6, 6.07) is 10.8. The van der Waals surface area contributed by atoms with Crippen LogP contribution in [0.15, 0.2) is 42.5 Å². The Morgan fingerprint density at radius 1 is 1.10 bits per heavy atom. The standard InChI is InChI=1S/C26H34O3Se/c1-18(2)20-12-14-24(3)22(27)17-25(30-19-9-5-4-6-10-19)21(23(20)24)11-7-8-13-26(25)28-15-16-29-26/h4-7,9-11,18,20-21,23H,8,12-17H2,1-3H3/t20?,21-,23?,24-,25-/m1/s1. The first-order valence-electron chi connectivity index (χ1n) is 11.6. The molecule has 1 aromatic rings. The monoisotopic (exact) mass is 474 g/mol. The summed E-state index contributed by atoms with van der Waals surface area (Å²) >= 11 is 0.0824. The summed E-state index contributed by atoms with van der Waals surface area (Å²) in [4.78, 5) is 13.9. The minimum absolute atomic E-state index is 0.0824. The molecule has 162 valence electrons. The van der Waals surface area contributed by atoms with Crippen LogP contribution < -0.4 is 4.46 Å². The average Bonchev–Trinajstić information content (AvgIpc) is 3.31. The molecule has 1 spiro atoms. The zero-order valence-corrected chi connectivity index (χ0v) is 20.1. The fourth-order valence-electron chi connectivity index (χ4n) is 6.99. The minimum atomic E-state index is -0.627. The predicted octanol–water partition coefficient (Wildman–Crippen LogP) is 4.55. The molecular weight excluding hydrogens is 439 g/mol. The molecule has 5 rings (SSSR count). The van der Waals surface area contributed by atoms with Gasteiger partial charge in [0.25, 0.3) is 0 Å².